The lowest BCUT2D eigenvalue weighted by atomic mass is 10.1. The van der Waals surface area contributed by atoms with Gasteiger partial charge in [0.2, 0.25) is 0 Å². The molecule has 0 radical (unpaired) electrons. The molecule has 0 aromatic heterocycles. The Balaban J connectivity index is 2.10. The number of aryl methyl sites for hydroxylation is 1. The molecule has 0 bridgehead atoms. The molecule has 1 N–H and O–H groups in total. The van der Waals surface area contributed by atoms with E-state index in [0.29, 0.717) is 22.1 Å². The number of halogens is 1. The predicted octanol–water partition coefficient (Wildman–Crippen LogP) is 5.62. The summed E-state index contributed by atoms with van der Waals surface area (Å²) in [5.41, 5.74) is 3.13. The molecule has 0 saturated carbocycles. The molecule has 0 saturated heterocycles. The van der Waals surface area contributed by atoms with Gasteiger partial charge in [0.15, 0.2) is 5.84 Å². The Labute approximate surface area is 146 Å². The van der Waals surface area contributed by atoms with Gasteiger partial charge in [-0.25, -0.2) is 10.1 Å². The third-order valence-corrected chi connectivity index (χ3v) is 3.91. The van der Waals surface area contributed by atoms with Crippen molar-refractivity contribution < 1.29 is 5.21 Å². The van der Waals surface area contributed by atoms with Gasteiger partial charge in [0.05, 0.1) is 16.4 Å². The zero-order valence-electron chi connectivity index (χ0n) is 13.2. The Hall–Kier alpha value is -2.62. The van der Waals surface area contributed by atoms with Gasteiger partial charge in [-0.3, -0.25) is 5.21 Å². The van der Waals surface area contributed by atoms with Crippen molar-refractivity contribution in [3.63, 3.8) is 0 Å². The smallest absolute Gasteiger partial charge is 0.167 e. The normalized spacial score (nSPS) is 11.4. The summed E-state index contributed by atoms with van der Waals surface area (Å²) in [7, 11) is 0. The van der Waals surface area contributed by atoms with Crippen molar-refractivity contribution in [2.45, 2.75) is 6.92 Å². The van der Waals surface area contributed by atoms with Crippen LogP contribution < -0.4 is 5.06 Å². The quantitative estimate of drug-likeness (QED) is 0.382. The maximum Gasteiger partial charge on any atom is 0.167 e. The number of hydroxylamine groups is 1. The molecule has 4 heteroatoms. The topological polar surface area (TPSA) is 35.8 Å². The second-order valence-electron chi connectivity index (χ2n) is 5.40. The summed E-state index contributed by atoms with van der Waals surface area (Å²) in [6, 6.07) is 24.3. The number of hydrogen-bond donors (Lipinski definition) is 1. The van der Waals surface area contributed by atoms with E-state index in [1.807, 2.05) is 79.7 Å². The van der Waals surface area contributed by atoms with Crippen LogP contribution in [0.25, 0.3) is 0 Å². The fraction of sp³-hybridized carbons (Fsp3) is 0.0500. The Kier molecular flexibility index (Phi) is 4.94. The lowest BCUT2D eigenvalue weighted by Crippen LogP contribution is -2.28. The van der Waals surface area contributed by atoms with E-state index in [1.165, 1.54) is 0 Å². The van der Waals surface area contributed by atoms with Gasteiger partial charge in [-0.15, -0.1) is 0 Å². The Morgan fingerprint density at radius 3 is 2.17 bits per heavy atom. The summed E-state index contributed by atoms with van der Waals surface area (Å²) in [5, 5.41) is 12.3. The molecule has 0 aliphatic rings. The van der Waals surface area contributed by atoms with Crippen molar-refractivity contribution in [2.75, 3.05) is 5.06 Å². The molecular weight excluding hydrogens is 320 g/mol. The molecule has 0 aliphatic carbocycles. The second kappa shape index (κ2) is 7.30. The Morgan fingerprint density at radius 1 is 0.875 bits per heavy atom. The summed E-state index contributed by atoms with van der Waals surface area (Å²) >= 11 is 6.32. The van der Waals surface area contributed by atoms with E-state index in [2.05, 4.69) is 4.99 Å². The first kappa shape index (κ1) is 16.2. The first-order valence-electron chi connectivity index (χ1n) is 7.59. The minimum Gasteiger partial charge on any atom is -0.282 e. The second-order valence-corrected chi connectivity index (χ2v) is 5.81. The number of amidine groups is 1. The van der Waals surface area contributed by atoms with Crippen molar-refractivity contribution in [3.05, 3.63) is 95.0 Å². The highest BCUT2D eigenvalue weighted by Gasteiger charge is 2.16. The molecule has 0 aliphatic heterocycles. The standard InChI is InChI=1S/C20H17ClN2O/c1-15-11-13-17(14-12-15)23(24)20(18-9-5-6-10-19(18)21)22-16-7-3-2-4-8-16/h2-14,24H,1H3. The molecule has 0 amide bonds. The lowest BCUT2D eigenvalue weighted by molar-refractivity contribution is 0.313. The van der Waals surface area contributed by atoms with Crippen LogP contribution in [0.15, 0.2) is 83.9 Å². The molecule has 0 spiro atoms. The largest absolute Gasteiger partial charge is 0.282 e. The van der Waals surface area contributed by atoms with Gasteiger partial charge in [0.1, 0.15) is 0 Å². The number of nitrogens with zero attached hydrogens (tertiary/aromatic N) is 2. The van der Waals surface area contributed by atoms with E-state index < -0.39 is 0 Å². The minimum atomic E-state index is 0.371. The van der Waals surface area contributed by atoms with Crippen LogP contribution in [0, 0.1) is 6.92 Å². The molecule has 120 valence electrons. The maximum atomic E-state index is 10.8. The molecule has 3 aromatic rings. The van der Waals surface area contributed by atoms with E-state index in [9.17, 15) is 5.21 Å². The molecule has 0 heterocycles. The van der Waals surface area contributed by atoms with E-state index in [4.69, 9.17) is 11.6 Å². The highest BCUT2D eigenvalue weighted by Crippen LogP contribution is 2.24. The van der Waals surface area contributed by atoms with Gasteiger partial charge in [0, 0.05) is 5.56 Å². The number of hydrogen-bond acceptors (Lipinski definition) is 2. The van der Waals surface area contributed by atoms with Crippen molar-refractivity contribution in [2.24, 2.45) is 4.99 Å². The summed E-state index contributed by atoms with van der Waals surface area (Å²) in [5.74, 6) is 0.371. The van der Waals surface area contributed by atoms with Gasteiger partial charge in [-0.2, -0.15) is 0 Å². The average molecular weight is 337 g/mol. The average Bonchev–Trinajstić information content (AvgIpc) is 2.61. The van der Waals surface area contributed by atoms with Crippen molar-refractivity contribution in [1.82, 2.24) is 0 Å². The van der Waals surface area contributed by atoms with Crippen LogP contribution in [0.1, 0.15) is 11.1 Å². The van der Waals surface area contributed by atoms with Crippen LogP contribution >= 0.6 is 11.6 Å². The molecule has 0 atom stereocenters. The molecule has 0 fully saturated rings. The molecule has 3 aromatic carbocycles. The first-order chi connectivity index (χ1) is 11.6. The van der Waals surface area contributed by atoms with Crippen molar-refractivity contribution in [1.29, 1.82) is 0 Å². The summed E-state index contributed by atoms with van der Waals surface area (Å²) in [6.07, 6.45) is 0. The van der Waals surface area contributed by atoms with Crippen LogP contribution in [0.4, 0.5) is 11.4 Å². The number of aliphatic imine (C=N–C) groups is 1. The van der Waals surface area contributed by atoms with Gasteiger partial charge in [-0.05, 0) is 43.3 Å². The van der Waals surface area contributed by atoms with E-state index in [0.717, 1.165) is 16.3 Å². The molecule has 0 unspecified atom stereocenters. The SMILES string of the molecule is Cc1ccc(N(O)C(=Nc2ccccc2)c2ccccc2Cl)cc1. The highest BCUT2D eigenvalue weighted by molar-refractivity contribution is 6.35. The lowest BCUT2D eigenvalue weighted by Gasteiger charge is -2.20. The van der Waals surface area contributed by atoms with Gasteiger partial charge in [0.25, 0.3) is 0 Å². The van der Waals surface area contributed by atoms with Gasteiger partial charge < -0.3 is 0 Å². The third kappa shape index (κ3) is 3.65. The van der Waals surface area contributed by atoms with Crippen LogP contribution in [0.2, 0.25) is 5.02 Å². The van der Waals surface area contributed by atoms with Gasteiger partial charge >= 0.3 is 0 Å². The number of anilines is 1. The van der Waals surface area contributed by atoms with Crippen LogP contribution in [0.5, 0.6) is 0 Å². The fourth-order valence-electron chi connectivity index (χ4n) is 2.30. The van der Waals surface area contributed by atoms with E-state index in [-0.39, 0.29) is 0 Å². The fourth-order valence-corrected chi connectivity index (χ4v) is 2.52. The van der Waals surface area contributed by atoms with E-state index in [1.54, 1.807) is 6.07 Å². The van der Waals surface area contributed by atoms with Crippen molar-refractivity contribution in [3.8, 4) is 0 Å². The van der Waals surface area contributed by atoms with Crippen molar-refractivity contribution >= 4 is 28.8 Å². The predicted molar refractivity (Wildman–Crippen MR) is 99.5 cm³/mol. The zero-order chi connectivity index (χ0) is 16.9. The van der Waals surface area contributed by atoms with Crippen LogP contribution in [0.3, 0.4) is 0 Å². The molecular formula is C20H17ClN2O. The van der Waals surface area contributed by atoms with Crippen LogP contribution in [-0.2, 0) is 0 Å². The zero-order valence-corrected chi connectivity index (χ0v) is 14.0. The minimum absolute atomic E-state index is 0.371. The number of para-hydroxylation sites is 1. The molecule has 3 rings (SSSR count). The summed E-state index contributed by atoms with van der Waals surface area (Å²) < 4.78 is 0. The third-order valence-electron chi connectivity index (χ3n) is 3.59. The highest BCUT2D eigenvalue weighted by atomic mass is 35.5. The van der Waals surface area contributed by atoms with E-state index >= 15 is 0 Å². The first-order valence-corrected chi connectivity index (χ1v) is 7.97. The van der Waals surface area contributed by atoms with Gasteiger partial charge in [-0.1, -0.05) is 59.6 Å². The molecule has 3 nitrogen and oxygen atoms in total. The Bertz CT molecular complexity index is 845. The summed E-state index contributed by atoms with van der Waals surface area (Å²) in [6.45, 7) is 2.00. The maximum absolute atomic E-state index is 10.8. The summed E-state index contributed by atoms with van der Waals surface area (Å²) in [4.78, 5) is 4.60. The monoisotopic (exact) mass is 336 g/mol. The molecule has 24 heavy (non-hydrogen) atoms. The Morgan fingerprint density at radius 2 is 1.50 bits per heavy atom. The van der Waals surface area contributed by atoms with Crippen LogP contribution in [-0.4, -0.2) is 11.0 Å². The number of benzene rings is 3. The number of rotatable bonds is 3.